The van der Waals surface area contributed by atoms with E-state index in [0.717, 1.165) is 12.7 Å². The van der Waals surface area contributed by atoms with Gasteiger partial charge in [-0.3, -0.25) is 0 Å². The first-order valence-electron chi connectivity index (χ1n) is 2.23. The van der Waals surface area contributed by atoms with Gasteiger partial charge in [-0.15, -0.1) is 0 Å². The summed E-state index contributed by atoms with van der Waals surface area (Å²) in [5, 5.41) is 8.10. The highest BCUT2D eigenvalue weighted by Gasteiger charge is 2.36. The Labute approximate surface area is 41.7 Å². The zero-order chi connectivity index (χ0) is 5.28. The lowest BCUT2D eigenvalue weighted by Crippen LogP contribution is -1.76. The summed E-state index contributed by atoms with van der Waals surface area (Å²) >= 11 is 0. The van der Waals surface area contributed by atoms with Crippen molar-refractivity contribution in [1.29, 1.82) is 5.26 Å². The zero-order valence-corrected chi connectivity index (χ0v) is 3.79. The van der Waals surface area contributed by atoms with Gasteiger partial charge in [-0.25, -0.2) is 0 Å². The molecule has 0 aliphatic heterocycles. The molecular formula is C5H5NO. The Morgan fingerprint density at radius 3 is 2.71 bits per heavy atom. The number of hydrogen-bond donors (Lipinski definition) is 0. The van der Waals surface area contributed by atoms with E-state index >= 15 is 0 Å². The molecule has 2 atom stereocenters. The second-order valence-corrected chi connectivity index (χ2v) is 1.77. The molecule has 36 valence electrons. The first-order valence-corrected chi connectivity index (χ1v) is 2.23. The fourth-order valence-electron chi connectivity index (χ4n) is 0.513. The van der Waals surface area contributed by atoms with Crippen LogP contribution in [0.5, 0.6) is 0 Å². The smallest absolute Gasteiger partial charge is 0.124 e. The maximum atomic E-state index is 9.79. The molecule has 1 aliphatic rings. The average molecular weight is 95.1 g/mol. The van der Waals surface area contributed by atoms with E-state index in [1.54, 1.807) is 0 Å². The van der Waals surface area contributed by atoms with Crippen LogP contribution in [0.2, 0.25) is 0 Å². The minimum atomic E-state index is 0.0532. The molecule has 0 radical (unpaired) electrons. The second kappa shape index (κ2) is 1.34. The molecular weight excluding hydrogens is 90.1 g/mol. The highest BCUT2D eigenvalue weighted by Crippen LogP contribution is 2.35. The van der Waals surface area contributed by atoms with Crippen molar-refractivity contribution in [3.8, 4) is 6.07 Å². The summed E-state index contributed by atoms with van der Waals surface area (Å²) in [7, 11) is 0. The number of nitrogens with zero attached hydrogens (tertiary/aromatic N) is 1. The second-order valence-electron chi connectivity index (χ2n) is 1.77. The van der Waals surface area contributed by atoms with Gasteiger partial charge < -0.3 is 4.79 Å². The van der Waals surface area contributed by atoms with E-state index in [4.69, 9.17) is 5.26 Å². The summed E-state index contributed by atoms with van der Waals surface area (Å²) in [6, 6.07) is 2.01. The molecule has 1 fully saturated rings. The van der Waals surface area contributed by atoms with Crippen LogP contribution in [0.4, 0.5) is 0 Å². The van der Waals surface area contributed by atoms with Crippen molar-refractivity contribution in [3.63, 3.8) is 0 Å². The molecule has 0 aromatic heterocycles. The Balaban J connectivity index is 2.34. The van der Waals surface area contributed by atoms with Crippen LogP contribution in [0, 0.1) is 23.2 Å². The molecule has 0 bridgehead atoms. The molecule has 0 saturated heterocycles. The van der Waals surface area contributed by atoms with Crippen LogP contribution in [0.15, 0.2) is 0 Å². The molecule has 1 rings (SSSR count). The monoisotopic (exact) mass is 95.0 g/mol. The number of rotatable bonds is 1. The first-order chi connectivity index (χ1) is 3.38. The number of carbonyl (C=O) groups is 1. The highest BCUT2D eigenvalue weighted by atomic mass is 16.1. The molecule has 2 heteroatoms. The van der Waals surface area contributed by atoms with Gasteiger partial charge >= 0.3 is 0 Å². The predicted molar refractivity (Wildman–Crippen MR) is 23.3 cm³/mol. The van der Waals surface area contributed by atoms with Crippen molar-refractivity contribution in [3.05, 3.63) is 0 Å². The third-order valence-electron chi connectivity index (χ3n) is 1.18. The van der Waals surface area contributed by atoms with Gasteiger partial charge in [0.1, 0.15) is 6.29 Å². The van der Waals surface area contributed by atoms with E-state index in [1.165, 1.54) is 0 Å². The van der Waals surface area contributed by atoms with Gasteiger partial charge in [0.15, 0.2) is 0 Å². The highest BCUT2D eigenvalue weighted by molar-refractivity contribution is 5.59. The largest absolute Gasteiger partial charge is 0.303 e. The van der Waals surface area contributed by atoms with Gasteiger partial charge in [0.2, 0.25) is 0 Å². The van der Waals surface area contributed by atoms with Crippen LogP contribution < -0.4 is 0 Å². The first kappa shape index (κ1) is 4.32. The molecule has 0 unspecified atom stereocenters. The normalized spacial score (nSPS) is 36.4. The summed E-state index contributed by atoms with van der Waals surface area (Å²) < 4.78 is 0. The van der Waals surface area contributed by atoms with E-state index in [-0.39, 0.29) is 11.8 Å². The molecule has 0 spiro atoms. The lowest BCUT2D eigenvalue weighted by molar-refractivity contribution is -0.108. The average Bonchev–Trinajstić information content (AvgIpc) is 2.43. The number of carbonyl (C=O) groups excluding carboxylic acids is 1. The summed E-state index contributed by atoms with van der Waals surface area (Å²) in [6.45, 7) is 0. The number of nitriles is 1. The fourth-order valence-corrected chi connectivity index (χ4v) is 0.513. The van der Waals surface area contributed by atoms with Crippen molar-refractivity contribution in [1.82, 2.24) is 0 Å². The molecule has 2 nitrogen and oxygen atoms in total. The quantitative estimate of drug-likeness (QED) is 0.441. The molecule has 1 saturated carbocycles. The Morgan fingerprint density at radius 1 is 1.86 bits per heavy atom. The lowest BCUT2D eigenvalue weighted by atomic mass is 10.4. The Kier molecular flexibility index (Phi) is 0.828. The van der Waals surface area contributed by atoms with Crippen LogP contribution in [0.3, 0.4) is 0 Å². The fraction of sp³-hybridized carbons (Fsp3) is 0.600. The van der Waals surface area contributed by atoms with E-state index in [1.807, 2.05) is 6.07 Å². The van der Waals surface area contributed by atoms with Gasteiger partial charge in [-0.05, 0) is 6.42 Å². The topological polar surface area (TPSA) is 40.9 Å². The van der Waals surface area contributed by atoms with Gasteiger partial charge in [-0.2, -0.15) is 5.26 Å². The van der Waals surface area contributed by atoms with Gasteiger partial charge in [0.05, 0.1) is 12.0 Å². The Bertz CT molecular complexity index is 125. The van der Waals surface area contributed by atoms with E-state index < -0.39 is 0 Å². The Hall–Kier alpha value is -0.840. The Morgan fingerprint density at radius 2 is 2.57 bits per heavy atom. The summed E-state index contributed by atoms with van der Waals surface area (Å²) in [5.74, 6) is 0.127. The molecule has 0 amide bonds. The van der Waals surface area contributed by atoms with Crippen LogP contribution in [-0.4, -0.2) is 6.29 Å². The summed E-state index contributed by atoms with van der Waals surface area (Å²) in [4.78, 5) is 9.79. The maximum absolute atomic E-state index is 9.79. The van der Waals surface area contributed by atoms with E-state index in [2.05, 4.69) is 0 Å². The molecule has 7 heavy (non-hydrogen) atoms. The van der Waals surface area contributed by atoms with E-state index in [0.29, 0.717) is 0 Å². The predicted octanol–water partition coefficient (Wildman–Crippen LogP) is 0.345. The van der Waals surface area contributed by atoms with Gasteiger partial charge in [-0.1, -0.05) is 0 Å². The zero-order valence-electron chi connectivity index (χ0n) is 3.79. The standard InChI is InChI=1S/C5H5NO/c6-2-4-1-5(4)3-7/h3-5H,1H2/t4-,5-/m0/s1. The molecule has 0 aromatic carbocycles. The summed E-state index contributed by atoms with van der Waals surface area (Å²) in [6.07, 6.45) is 1.65. The van der Waals surface area contributed by atoms with Crippen LogP contribution in [0.25, 0.3) is 0 Å². The molecule has 0 N–H and O–H groups in total. The van der Waals surface area contributed by atoms with E-state index in [9.17, 15) is 4.79 Å². The van der Waals surface area contributed by atoms with Crippen LogP contribution >= 0.6 is 0 Å². The van der Waals surface area contributed by atoms with Crippen LogP contribution in [-0.2, 0) is 4.79 Å². The molecule has 0 aromatic rings. The summed E-state index contributed by atoms with van der Waals surface area (Å²) in [5.41, 5.74) is 0. The maximum Gasteiger partial charge on any atom is 0.124 e. The van der Waals surface area contributed by atoms with Crippen LogP contribution in [0.1, 0.15) is 6.42 Å². The minimum absolute atomic E-state index is 0.0532. The molecule has 0 heterocycles. The third-order valence-corrected chi connectivity index (χ3v) is 1.18. The molecule has 1 aliphatic carbocycles. The van der Waals surface area contributed by atoms with Crippen molar-refractivity contribution in [2.45, 2.75) is 6.42 Å². The number of aldehydes is 1. The van der Waals surface area contributed by atoms with Gasteiger partial charge in [0, 0.05) is 5.92 Å². The van der Waals surface area contributed by atoms with Crippen molar-refractivity contribution in [2.24, 2.45) is 11.8 Å². The third kappa shape index (κ3) is 0.614. The van der Waals surface area contributed by atoms with Crippen molar-refractivity contribution < 1.29 is 4.79 Å². The van der Waals surface area contributed by atoms with Gasteiger partial charge in [0.25, 0.3) is 0 Å². The minimum Gasteiger partial charge on any atom is -0.303 e. The lowest BCUT2D eigenvalue weighted by Gasteiger charge is -1.65. The SMILES string of the molecule is N#C[C@@H]1C[C@H]1C=O. The number of hydrogen-bond acceptors (Lipinski definition) is 2. The van der Waals surface area contributed by atoms with Crippen molar-refractivity contribution >= 4 is 6.29 Å². The van der Waals surface area contributed by atoms with Crippen molar-refractivity contribution in [2.75, 3.05) is 0 Å².